The second-order valence-electron chi connectivity index (χ2n) is 6.71. The van der Waals surface area contributed by atoms with Gasteiger partial charge in [0.05, 0.1) is 16.6 Å². The molecule has 0 atom stereocenters. The van der Waals surface area contributed by atoms with Crippen molar-refractivity contribution in [2.75, 3.05) is 26.2 Å². The van der Waals surface area contributed by atoms with Crippen molar-refractivity contribution in [1.82, 2.24) is 25.3 Å². The summed E-state index contributed by atoms with van der Waals surface area (Å²) < 4.78 is 5.22. The van der Waals surface area contributed by atoms with Gasteiger partial charge in [-0.15, -0.1) is 0 Å². The maximum Gasteiger partial charge on any atom is 0.317 e. The first-order chi connectivity index (χ1) is 12.0. The van der Waals surface area contributed by atoms with Gasteiger partial charge in [-0.1, -0.05) is 5.16 Å². The number of likely N-dealkylation sites (tertiary alicyclic amines) is 1. The molecular weight excluding hydrogens is 322 g/mol. The fourth-order valence-electron chi connectivity index (χ4n) is 3.77. The van der Waals surface area contributed by atoms with Crippen LogP contribution in [-0.4, -0.2) is 64.1 Å². The van der Waals surface area contributed by atoms with Crippen LogP contribution >= 0.6 is 0 Å². The van der Waals surface area contributed by atoms with E-state index in [2.05, 4.69) is 15.5 Å². The second-order valence-corrected chi connectivity index (χ2v) is 6.71. The zero-order valence-electron chi connectivity index (χ0n) is 14.4. The van der Waals surface area contributed by atoms with Crippen LogP contribution in [0, 0.1) is 13.8 Å². The summed E-state index contributed by atoms with van der Waals surface area (Å²) in [6, 6.07) is 2.02. The highest BCUT2D eigenvalue weighted by Crippen LogP contribution is 2.25. The van der Waals surface area contributed by atoms with Gasteiger partial charge in [0.1, 0.15) is 0 Å². The predicted octanol–water partition coefficient (Wildman–Crippen LogP) is 1.47. The Bertz CT molecular complexity index is 838. The lowest BCUT2D eigenvalue weighted by Gasteiger charge is -2.36. The number of piperidine rings is 1. The van der Waals surface area contributed by atoms with Crippen molar-refractivity contribution in [3.05, 3.63) is 23.0 Å². The number of aryl methyl sites for hydroxylation is 2. The van der Waals surface area contributed by atoms with Crippen molar-refractivity contribution < 1.29 is 14.1 Å². The molecule has 8 nitrogen and oxygen atoms in total. The highest BCUT2D eigenvalue weighted by Gasteiger charge is 2.32. The number of rotatable bonds is 2. The van der Waals surface area contributed by atoms with E-state index in [0.29, 0.717) is 42.0 Å². The molecule has 0 radical (unpaired) electrons. The normalized spacial score (nSPS) is 18.9. The fourth-order valence-corrected chi connectivity index (χ4v) is 3.77. The molecule has 1 N–H and O–H groups in total. The molecule has 4 rings (SSSR count). The molecule has 0 bridgehead atoms. The van der Waals surface area contributed by atoms with Gasteiger partial charge >= 0.3 is 6.03 Å². The summed E-state index contributed by atoms with van der Waals surface area (Å²) in [6.07, 6.45) is 1.60. The van der Waals surface area contributed by atoms with Crippen LogP contribution in [0.25, 0.3) is 11.1 Å². The number of pyridine rings is 1. The SMILES string of the molecule is Cc1cc(C(=O)N2CCC(N3CCNC3=O)CC2)c2c(C)noc2n1. The first kappa shape index (κ1) is 15.9. The van der Waals surface area contributed by atoms with Crippen LogP contribution in [0.4, 0.5) is 4.79 Å². The summed E-state index contributed by atoms with van der Waals surface area (Å²) in [5.41, 5.74) is 2.41. The number of aromatic nitrogens is 2. The minimum absolute atomic E-state index is 0.0105. The van der Waals surface area contributed by atoms with Crippen LogP contribution in [-0.2, 0) is 0 Å². The van der Waals surface area contributed by atoms with Gasteiger partial charge in [0, 0.05) is 37.9 Å². The number of hydrogen-bond donors (Lipinski definition) is 1. The minimum atomic E-state index is -0.0221. The van der Waals surface area contributed by atoms with Crippen molar-refractivity contribution in [2.45, 2.75) is 32.7 Å². The molecule has 2 saturated heterocycles. The maximum absolute atomic E-state index is 13.0. The number of nitrogens with one attached hydrogen (secondary N) is 1. The van der Waals surface area contributed by atoms with Gasteiger partial charge in [-0.05, 0) is 32.8 Å². The molecule has 0 aliphatic carbocycles. The first-order valence-corrected chi connectivity index (χ1v) is 8.62. The molecular formula is C17H21N5O3. The Balaban J connectivity index is 1.53. The molecule has 25 heavy (non-hydrogen) atoms. The van der Waals surface area contributed by atoms with E-state index < -0.39 is 0 Å². The Kier molecular flexibility index (Phi) is 3.82. The smallest absolute Gasteiger partial charge is 0.317 e. The van der Waals surface area contributed by atoms with Gasteiger partial charge in [0.25, 0.3) is 11.6 Å². The number of carbonyl (C=O) groups is 2. The molecule has 0 spiro atoms. The number of amides is 3. The van der Waals surface area contributed by atoms with Crippen molar-refractivity contribution in [3.8, 4) is 0 Å². The minimum Gasteiger partial charge on any atom is -0.338 e. The van der Waals surface area contributed by atoms with Gasteiger partial charge in [-0.2, -0.15) is 0 Å². The molecule has 2 aliphatic heterocycles. The topological polar surface area (TPSA) is 91.6 Å². The Morgan fingerprint density at radius 1 is 1.28 bits per heavy atom. The Morgan fingerprint density at radius 3 is 2.72 bits per heavy atom. The zero-order valence-corrected chi connectivity index (χ0v) is 14.4. The lowest BCUT2D eigenvalue weighted by atomic mass is 10.0. The van der Waals surface area contributed by atoms with Crippen LogP contribution in [0.2, 0.25) is 0 Å². The number of fused-ring (bicyclic) bond motifs is 1. The third-order valence-corrected chi connectivity index (χ3v) is 5.06. The highest BCUT2D eigenvalue weighted by atomic mass is 16.5. The molecule has 0 unspecified atom stereocenters. The van der Waals surface area contributed by atoms with E-state index in [-0.39, 0.29) is 18.0 Å². The summed E-state index contributed by atoms with van der Waals surface area (Å²) >= 11 is 0. The summed E-state index contributed by atoms with van der Waals surface area (Å²) in [7, 11) is 0. The zero-order chi connectivity index (χ0) is 17.6. The van der Waals surface area contributed by atoms with Crippen LogP contribution < -0.4 is 5.32 Å². The van der Waals surface area contributed by atoms with Gasteiger partial charge in [-0.3, -0.25) is 4.79 Å². The first-order valence-electron chi connectivity index (χ1n) is 8.62. The van der Waals surface area contributed by atoms with Crippen molar-refractivity contribution >= 4 is 23.0 Å². The molecule has 2 aliphatic rings. The molecule has 0 aromatic carbocycles. The second kappa shape index (κ2) is 6.02. The number of carbonyl (C=O) groups excluding carboxylic acids is 2. The number of hydrogen-bond acceptors (Lipinski definition) is 5. The largest absolute Gasteiger partial charge is 0.338 e. The van der Waals surface area contributed by atoms with Crippen LogP contribution in [0.1, 0.15) is 34.6 Å². The van der Waals surface area contributed by atoms with Crippen molar-refractivity contribution in [1.29, 1.82) is 0 Å². The van der Waals surface area contributed by atoms with Gasteiger partial charge < -0.3 is 19.6 Å². The predicted molar refractivity (Wildman–Crippen MR) is 90.3 cm³/mol. The summed E-state index contributed by atoms with van der Waals surface area (Å²) in [5, 5.41) is 7.47. The van der Waals surface area contributed by atoms with E-state index in [4.69, 9.17) is 4.52 Å². The van der Waals surface area contributed by atoms with E-state index in [1.807, 2.05) is 23.6 Å². The molecule has 2 fully saturated rings. The quantitative estimate of drug-likeness (QED) is 0.891. The lowest BCUT2D eigenvalue weighted by molar-refractivity contribution is 0.0668. The summed E-state index contributed by atoms with van der Waals surface area (Å²) in [4.78, 5) is 32.9. The molecule has 132 valence electrons. The number of nitrogens with zero attached hydrogens (tertiary/aromatic N) is 4. The summed E-state index contributed by atoms with van der Waals surface area (Å²) in [5.74, 6) is -0.0221. The molecule has 8 heteroatoms. The van der Waals surface area contributed by atoms with E-state index >= 15 is 0 Å². The Hall–Kier alpha value is -2.64. The van der Waals surface area contributed by atoms with Crippen LogP contribution in [0.5, 0.6) is 0 Å². The monoisotopic (exact) mass is 343 g/mol. The summed E-state index contributed by atoms with van der Waals surface area (Å²) in [6.45, 7) is 6.39. The molecule has 0 saturated carbocycles. The Morgan fingerprint density at radius 2 is 2.04 bits per heavy atom. The maximum atomic E-state index is 13.0. The third kappa shape index (κ3) is 2.71. The standard InChI is InChI=1S/C17H21N5O3/c1-10-9-13(14-11(2)20-25-15(14)19-10)16(23)21-6-3-12(4-7-21)22-8-5-18-17(22)24/h9,12H,3-8H2,1-2H3,(H,18,24). The molecule has 3 amide bonds. The van der Waals surface area contributed by atoms with Crippen molar-refractivity contribution in [2.24, 2.45) is 0 Å². The van der Waals surface area contributed by atoms with E-state index in [1.54, 1.807) is 6.07 Å². The molecule has 4 heterocycles. The van der Waals surface area contributed by atoms with Gasteiger partial charge in [0.2, 0.25) is 0 Å². The Labute approximate surface area is 145 Å². The van der Waals surface area contributed by atoms with E-state index in [1.165, 1.54) is 0 Å². The highest BCUT2D eigenvalue weighted by molar-refractivity contribution is 6.06. The average molecular weight is 343 g/mol. The van der Waals surface area contributed by atoms with E-state index in [0.717, 1.165) is 25.1 Å². The third-order valence-electron chi connectivity index (χ3n) is 5.06. The lowest BCUT2D eigenvalue weighted by Crippen LogP contribution is -2.47. The van der Waals surface area contributed by atoms with Crippen LogP contribution in [0.15, 0.2) is 10.6 Å². The fraction of sp³-hybridized carbons (Fsp3) is 0.529. The van der Waals surface area contributed by atoms with Gasteiger partial charge in [-0.25, -0.2) is 9.78 Å². The molecule has 2 aromatic rings. The molecule has 2 aromatic heterocycles. The number of urea groups is 1. The van der Waals surface area contributed by atoms with E-state index in [9.17, 15) is 9.59 Å². The van der Waals surface area contributed by atoms with Gasteiger partial charge in [0.15, 0.2) is 0 Å². The van der Waals surface area contributed by atoms with Crippen LogP contribution in [0.3, 0.4) is 0 Å². The van der Waals surface area contributed by atoms with Crippen molar-refractivity contribution in [3.63, 3.8) is 0 Å². The average Bonchev–Trinajstić information content (AvgIpc) is 3.20.